The molecule has 0 unspecified atom stereocenters. The predicted octanol–water partition coefficient (Wildman–Crippen LogP) is 4.85. The third-order valence-electron chi connectivity index (χ3n) is 3.05. The van der Waals surface area contributed by atoms with Crippen LogP contribution in [0, 0.1) is 13.8 Å². The number of rotatable bonds is 2. The van der Waals surface area contributed by atoms with Crippen molar-refractivity contribution in [2.24, 2.45) is 0 Å². The van der Waals surface area contributed by atoms with Gasteiger partial charge in [-0.05, 0) is 67.5 Å². The summed E-state index contributed by atoms with van der Waals surface area (Å²) in [4.78, 5) is 12.1. The fourth-order valence-corrected chi connectivity index (χ4v) is 3.13. The van der Waals surface area contributed by atoms with Crippen LogP contribution in [0.2, 0.25) is 5.02 Å². The first-order chi connectivity index (χ1) is 10.4. The number of anilines is 1. The molecule has 2 aromatic carbocycles. The molecule has 0 aliphatic heterocycles. The van der Waals surface area contributed by atoms with E-state index in [1.165, 1.54) is 0 Å². The van der Waals surface area contributed by atoms with Gasteiger partial charge in [-0.15, -0.1) is 0 Å². The van der Waals surface area contributed by atoms with Crippen molar-refractivity contribution in [3.63, 3.8) is 0 Å². The number of benzene rings is 2. The molecule has 22 heavy (non-hydrogen) atoms. The van der Waals surface area contributed by atoms with Gasteiger partial charge in [0.05, 0.1) is 0 Å². The van der Waals surface area contributed by atoms with Gasteiger partial charge >= 0.3 is 0 Å². The van der Waals surface area contributed by atoms with E-state index in [1.54, 1.807) is 24.3 Å². The molecule has 0 radical (unpaired) electrons. The van der Waals surface area contributed by atoms with E-state index in [4.69, 9.17) is 23.8 Å². The minimum atomic E-state index is -0.299. The molecule has 0 heterocycles. The number of hydrogen-bond acceptors (Lipinski definition) is 2. The second kappa shape index (κ2) is 7.22. The Morgan fingerprint density at radius 3 is 2.41 bits per heavy atom. The number of aryl methyl sites for hydroxylation is 2. The number of amides is 1. The Kier molecular flexibility index (Phi) is 5.56. The van der Waals surface area contributed by atoms with Crippen molar-refractivity contribution in [2.75, 3.05) is 5.32 Å². The lowest BCUT2D eigenvalue weighted by Crippen LogP contribution is -2.34. The molecule has 2 rings (SSSR count). The number of thiocarbonyl (C=S) groups is 1. The third kappa shape index (κ3) is 4.29. The summed E-state index contributed by atoms with van der Waals surface area (Å²) < 4.78 is 1.00. The molecule has 0 fully saturated rings. The lowest BCUT2D eigenvalue weighted by atomic mass is 10.1. The smallest absolute Gasteiger partial charge is 0.257 e. The highest BCUT2D eigenvalue weighted by Gasteiger charge is 2.10. The van der Waals surface area contributed by atoms with Crippen molar-refractivity contribution >= 4 is 56.5 Å². The summed E-state index contributed by atoms with van der Waals surface area (Å²) in [7, 11) is 0. The van der Waals surface area contributed by atoms with Crippen LogP contribution < -0.4 is 10.6 Å². The van der Waals surface area contributed by atoms with Gasteiger partial charge in [0.1, 0.15) is 0 Å². The lowest BCUT2D eigenvalue weighted by molar-refractivity contribution is 0.0977. The van der Waals surface area contributed by atoms with Crippen molar-refractivity contribution in [3.8, 4) is 0 Å². The first kappa shape index (κ1) is 16.9. The predicted molar refractivity (Wildman–Crippen MR) is 98.8 cm³/mol. The normalized spacial score (nSPS) is 10.2. The van der Waals surface area contributed by atoms with Crippen LogP contribution in [0.4, 0.5) is 5.69 Å². The number of carbonyl (C=O) groups is 1. The summed E-state index contributed by atoms with van der Waals surface area (Å²) in [5.41, 5.74) is 3.41. The maximum atomic E-state index is 12.1. The summed E-state index contributed by atoms with van der Waals surface area (Å²) in [6.07, 6.45) is 0. The lowest BCUT2D eigenvalue weighted by Gasteiger charge is -2.14. The Labute approximate surface area is 148 Å². The van der Waals surface area contributed by atoms with Gasteiger partial charge < -0.3 is 5.32 Å². The molecule has 0 saturated heterocycles. The van der Waals surface area contributed by atoms with E-state index in [0.29, 0.717) is 10.6 Å². The molecule has 6 heteroatoms. The molecule has 2 N–H and O–H groups in total. The Morgan fingerprint density at radius 2 is 1.82 bits per heavy atom. The van der Waals surface area contributed by atoms with Crippen LogP contribution in [0.25, 0.3) is 0 Å². The molecular formula is C16H14BrClN2OS. The SMILES string of the molecule is Cc1cc(Br)cc(C)c1NC(=S)NC(=O)c1cccc(Cl)c1. The Morgan fingerprint density at radius 1 is 1.18 bits per heavy atom. The highest BCUT2D eigenvalue weighted by Crippen LogP contribution is 2.25. The Hall–Kier alpha value is -1.43. The zero-order valence-electron chi connectivity index (χ0n) is 12.0. The standard InChI is InChI=1S/C16H14BrClN2OS/c1-9-6-12(17)7-10(2)14(9)19-16(22)20-15(21)11-4-3-5-13(18)8-11/h3-8H,1-2H3,(H2,19,20,21,22). The molecule has 0 aliphatic rings. The van der Waals surface area contributed by atoms with Crippen molar-refractivity contribution in [3.05, 3.63) is 62.6 Å². The zero-order chi connectivity index (χ0) is 16.3. The van der Waals surface area contributed by atoms with Crippen LogP contribution in [0.1, 0.15) is 21.5 Å². The van der Waals surface area contributed by atoms with Gasteiger partial charge in [-0.3, -0.25) is 10.1 Å². The molecule has 2 aromatic rings. The third-order valence-corrected chi connectivity index (χ3v) is 3.95. The van der Waals surface area contributed by atoms with Crippen molar-refractivity contribution in [1.29, 1.82) is 0 Å². The van der Waals surface area contributed by atoms with Crippen LogP contribution in [-0.2, 0) is 0 Å². The van der Waals surface area contributed by atoms with Crippen LogP contribution in [-0.4, -0.2) is 11.0 Å². The molecule has 0 saturated carbocycles. The van der Waals surface area contributed by atoms with Crippen LogP contribution in [0.15, 0.2) is 40.9 Å². The molecule has 0 spiro atoms. The molecule has 0 bridgehead atoms. The second-order valence-electron chi connectivity index (χ2n) is 4.83. The molecular weight excluding hydrogens is 384 g/mol. The van der Waals surface area contributed by atoms with Crippen LogP contribution in [0.3, 0.4) is 0 Å². The van der Waals surface area contributed by atoms with E-state index >= 15 is 0 Å². The van der Waals surface area contributed by atoms with E-state index < -0.39 is 0 Å². The highest BCUT2D eigenvalue weighted by atomic mass is 79.9. The second-order valence-corrected chi connectivity index (χ2v) is 6.59. The van der Waals surface area contributed by atoms with Crippen molar-refractivity contribution in [1.82, 2.24) is 5.32 Å². The van der Waals surface area contributed by atoms with Gasteiger partial charge in [0, 0.05) is 20.7 Å². The number of halogens is 2. The maximum Gasteiger partial charge on any atom is 0.257 e. The van der Waals surface area contributed by atoms with Gasteiger partial charge in [0.2, 0.25) is 0 Å². The molecule has 0 aliphatic carbocycles. The van der Waals surface area contributed by atoms with Gasteiger partial charge in [0.25, 0.3) is 5.91 Å². The van der Waals surface area contributed by atoms with Crippen LogP contribution in [0.5, 0.6) is 0 Å². The van der Waals surface area contributed by atoms with E-state index in [0.717, 1.165) is 21.3 Å². The monoisotopic (exact) mass is 396 g/mol. The summed E-state index contributed by atoms with van der Waals surface area (Å²) in [5.74, 6) is -0.299. The minimum absolute atomic E-state index is 0.249. The number of carbonyl (C=O) groups excluding carboxylic acids is 1. The maximum absolute atomic E-state index is 12.1. The number of hydrogen-bond donors (Lipinski definition) is 2. The van der Waals surface area contributed by atoms with Gasteiger partial charge in [0.15, 0.2) is 5.11 Å². The summed E-state index contributed by atoms with van der Waals surface area (Å²) in [5, 5.41) is 6.47. The minimum Gasteiger partial charge on any atom is -0.332 e. The zero-order valence-corrected chi connectivity index (χ0v) is 15.2. The fourth-order valence-electron chi connectivity index (χ4n) is 2.06. The highest BCUT2D eigenvalue weighted by molar-refractivity contribution is 9.10. The van der Waals surface area contributed by atoms with E-state index in [9.17, 15) is 4.79 Å². The number of nitrogens with one attached hydrogen (secondary N) is 2. The van der Waals surface area contributed by atoms with Crippen molar-refractivity contribution in [2.45, 2.75) is 13.8 Å². The van der Waals surface area contributed by atoms with Crippen molar-refractivity contribution < 1.29 is 4.79 Å². The average molecular weight is 398 g/mol. The van der Waals surface area contributed by atoms with Gasteiger partial charge in [-0.2, -0.15) is 0 Å². The molecule has 0 atom stereocenters. The fraction of sp³-hybridized carbons (Fsp3) is 0.125. The quantitative estimate of drug-likeness (QED) is 0.712. The molecule has 114 valence electrons. The summed E-state index contributed by atoms with van der Waals surface area (Å²) in [6, 6.07) is 10.7. The molecule has 1 amide bonds. The van der Waals surface area contributed by atoms with Gasteiger partial charge in [-0.1, -0.05) is 33.6 Å². The summed E-state index contributed by atoms with van der Waals surface area (Å²) in [6.45, 7) is 3.95. The van der Waals surface area contributed by atoms with E-state index in [-0.39, 0.29) is 11.0 Å². The summed E-state index contributed by atoms with van der Waals surface area (Å²) >= 11 is 14.5. The van der Waals surface area contributed by atoms with E-state index in [1.807, 2.05) is 26.0 Å². The molecule has 3 nitrogen and oxygen atoms in total. The van der Waals surface area contributed by atoms with Crippen LogP contribution >= 0.6 is 39.7 Å². The topological polar surface area (TPSA) is 41.1 Å². The Balaban J connectivity index is 2.09. The first-order valence-electron chi connectivity index (χ1n) is 6.51. The van der Waals surface area contributed by atoms with E-state index in [2.05, 4.69) is 26.6 Å². The van der Waals surface area contributed by atoms with Gasteiger partial charge in [-0.25, -0.2) is 0 Å². The molecule has 0 aromatic heterocycles. The average Bonchev–Trinajstić information content (AvgIpc) is 2.42. The largest absolute Gasteiger partial charge is 0.332 e. The first-order valence-corrected chi connectivity index (χ1v) is 8.09. The Bertz CT molecular complexity index is 726.